The van der Waals surface area contributed by atoms with Crippen molar-refractivity contribution in [3.63, 3.8) is 0 Å². The van der Waals surface area contributed by atoms with Crippen LogP contribution in [0, 0.1) is 10.1 Å². The molecule has 5 nitrogen and oxygen atoms in total. The number of nitrogens with zero attached hydrogens (tertiary/aromatic N) is 1. The molecule has 0 radical (unpaired) electrons. The van der Waals surface area contributed by atoms with E-state index in [1.54, 1.807) is 36.4 Å². The Morgan fingerprint density at radius 1 is 1.42 bits per heavy atom. The number of furan rings is 1. The van der Waals surface area contributed by atoms with Crippen molar-refractivity contribution in [3.05, 3.63) is 62.9 Å². The van der Waals surface area contributed by atoms with E-state index < -0.39 is 5.92 Å². The SMILES string of the molecule is COc1ccc([C@H](C[N+](=O)[O-])c2cccc(Cl)c2)o1. The van der Waals surface area contributed by atoms with E-state index in [-0.39, 0.29) is 11.5 Å². The Morgan fingerprint density at radius 2 is 2.21 bits per heavy atom. The molecule has 0 N–H and O–H groups in total. The van der Waals surface area contributed by atoms with E-state index in [0.29, 0.717) is 16.7 Å². The standard InChI is InChI=1S/C13H12ClNO4/c1-18-13-6-5-12(19-13)11(8-15(16)17)9-3-2-4-10(14)7-9/h2-7,11H,8H2,1H3/t11-/m1/s1. The summed E-state index contributed by atoms with van der Waals surface area (Å²) in [7, 11) is 1.48. The molecule has 2 aromatic rings. The lowest BCUT2D eigenvalue weighted by Gasteiger charge is -2.11. The molecule has 19 heavy (non-hydrogen) atoms. The van der Waals surface area contributed by atoms with Crippen molar-refractivity contribution in [2.75, 3.05) is 13.7 Å². The van der Waals surface area contributed by atoms with E-state index in [4.69, 9.17) is 20.8 Å². The number of benzene rings is 1. The minimum atomic E-state index is -0.488. The van der Waals surface area contributed by atoms with Gasteiger partial charge in [-0.2, -0.15) is 0 Å². The zero-order chi connectivity index (χ0) is 13.8. The highest BCUT2D eigenvalue weighted by Gasteiger charge is 2.24. The summed E-state index contributed by atoms with van der Waals surface area (Å²) in [6.07, 6.45) is 0. The summed E-state index contributed by atoms with van der Waals surface area (Å²) in [6.45, 7) is -0.267. The first-order chi connectivity index (χ1) is 9.10. The van der Waals surface area contributed by atoms with E-state index in [2.05, 4.69) is 0 Å². The second-order valence-corrected chi connectivity index (χ2v) is 4.42. The van der Waals surface area contributed by atoms with Gasteiger partial charge in [-0.1, -0.05) is 23.7 Å². The number of ether oxygens (including phenoxy) is 1. The van der Waals surface area contributed by atoms with Gasteiger partial charge in [0.1, 0.15) is 11.7 Å². The van der Waals surface area contributed by atoms with E-state index in [1.165, 1.54) is 7.11 Å². The van der Waals surface area contributed by atoms with Crippen LogP contribution in [0.1, 0.15) is 17.2 Å². The van der Waals surface area contributed by atoms with E-state index in [9.17, 15) is 10.1 Å². The first-order valence-corrected chi connectivity index (χ1v) is 5.99. The Kier molecular flexibility index (Phi) is 4.06. The normalized spacial score (nSPS) is 12.1. The molecule has 1 atom stereocenters. The van der Waals surface area contributed by atoms with Crippen LogP contribution in [0.5, 0.6) is 5.95 Å². The topological polar surface area (TPSA) is 65.5 Å². The van der Waals surface area contributed by atoms with Crippen molar-refractivity contribution in [1.82, 2.24) is 0 Å². The van der Waals surface area contributed by atoms with Gasteiger partial charge < -0.3 is 9.15 Å². The summed E-state index contributed by atoms with van der Waals surface area (Å²) in [5, 5.41) is 11.3. The summed E-state index contributed by atoms with van der Waals surface area (Å²) >= 11 is 5.92. The van der Waals surface area contributed by atoms with Crippen molar-refractivity contribution < 1.29 is 14.1 Å². The van der Waals surface area contributed by atoms with Gasteiger partial charge in [0.2, 0.25) is 6.54 Å². The summed E-state index contributed by atoms with van der Waals surface area (Å²) < 4.78 is 10.4. The molecule has 0 aliphatic heterocycles. The van der Waals surface area contributed by atoms with Gasteiger partial charge in [-0.3, -0.25) is 10.1 Å². The molecule has 0 aliphatic carbocycles. The van der Waals surface area contributed by atoms with Crippen molar-refractivity contribution >= 4 is 11.6 Å². The number of methoxy groups -OCH3 is 1. The van der Waals surface area contributed by atoms with E-state index in [1.807, 2.05) is 0 Å². The molecule has 0 unspecified atom stereocenters. The molecule has 0 bridgehead atoms. The van der Waals surface area contributed by atoms with E-state index >= 15 is 0 Å². The van der Waals surface area contributed by atoms with Crippen molar-refractivity contribution in [1.29, 1.82) is 0 Å². The van der Waals surface area contributed by atoms with Gasteiger partial charge in [0.05, 0.1) is 7.11 Å². The molecule has 0 saturated carbocycles. The quantitative estimate of drug-likeness (QED) is 0.623. The molecule has 0 amide bonds. The predicted octanol–water partition coefficient (Wildman–Crippen LogP) is 3.35. The van der Waals surface area contributed by atoms with Crippen molar-refractivity contribution in [2.45, 2.75) is 5.92 Å². The summed E-state index contributed by atoms with van der Waals surface area (Å²) in [6, 6.07) is 10.3. The lowest BCUT2D eigenvalue weighted by atomic mass is 9.97. The highest BCUT2D eigenvalue weighted by Crippen LogP contribution is 2.30. The molecule has 0 spiro atoms. The molecule has 1 aromatic carbocycles. The summed E-state index contributed by atoms with van der Waals surface area (Å²) in [5.74, 6) is 0.318. The zero-order valence-electron chi connectivity index (χ0n) is 10.2. The molecule has 0 fully saturated rings. The average molecular weight is 282 g/mol. The molecular weight excluding hydrogens is 270 g/mol. The van der Waals surface area contributed by atoms with Crippen LogP contribution in [0.3, 0.4) is 0 Å². The number of hydrogen-bond donors (Lipinski definition) is 0. The molecule has 100 valence electrons. The van der Waals surface area contributed by atoms with Gasteiger partial charge in [0.15, 0.2) is 0 Å². The van der Waals surface area contributed by atoms with Gasteiger partial charge in [0, 0.05) is 16.0 Å². The zero-order valence-corrected chi connectivity index (χ0v) is 11.0. The maximum Gasteiger partial charge on any atom is 0.284 e. The Hall–Kier alpha value is -2.01. The van der Waals surface area contributed by atoms with Gasteiger partial charge in [-0.05, 0) is 23.8 Å². The van der Waals surface area contributed by atoms with Gasteiger partial charge in [0.25, 0.3) is 5.95 Å². The molecule has 2 rings (SSSR count). The van der Waals surface area contributed by atoms with Gasteiger partial charge in [-0.15, -0.1) is 0 Å². The van der Waals surface area contributed by atoms with Crippen LogP contribution in [0.2, 0.25) is 5.02 Å². The second kappa shape index (κ2) is 5.75. The van der Waals surface area contributed by atoms with Crippen LogP contribution in [0.15, 0.2) is 40.8 Å². The third-order valence-corrected chi connectivity index (χ3v) is 2.96. The molecule has 1 heterocycles. The Balaban J connectivity index is 2.37. The number of rotatable bonds is 5. The molecule has 1 aromatic heterocycles. The van der Waals surface area contributed by atoms with Crippen molar-refractivity contribution in [2.24, 2.45) is 0 Å². The molecule has 0 saturated heterocycles. The maximum atomic E-state index is 10.8. The fourth-order valence-corrected chi connectivity index (χ4v) is 2.06. The Bertz CT molecular complexity index is 582. The predicted molar refractivity (Wildman–Crippen MR) is 70.4 cm³/mol. The molecular formula is C13H12ClNO4. The smallest absolute Gasteiger partial charge is 0.284 e. The average Bonchev–Trinajstić information content (AvgIpc) is 2.84. The number of halogens is 1. The van der Waals surface area contributed by atoms with Crippen LogP contribution in [0.4, 0.5) is 0 Å². The Labute approximate surface area is 114 Å². The highest BCUT2D eigenvalue weighted by molar-refractivity contribution is 6.30. The lowest BCUT2D eigenvalue weighted by molar-refractivity contribution is -0.482. The van der Waals surface area contributed by atoms with Crippen molar-refractivity contribution in [3.8, 4) is 5.95 Å². The van der Waals surface area contributed by atoms with Crippen LogP contribution in [0.25, 0.3) is 0 Å². The summed E-state index contributed by atoms with van der Waals surface area (Å²) in [4.78, 5) is 10.4. The molecule has 6 heteroatoms. The van der Waals surface area contributed by atoms with E-state index in [0.717, 1.165) is 5.56 Å². The van der Waals surface area contributed by atoms with Crippen LogP contribution >= 0.6 is 11.6 Å². The number of hydrogen-bond acceptors (Lipinski definition) is 4. The number of nitro groups is 1. The first-order valence-electron chi connectivity index (χ1n) is 5.61. The lowest BCUT2D eigenvalue weighted by Crippen LogP contribution is -2.13. The monoisotopic (exact) mass is 281 g/mol. The minimum absolute atomic E-state index is 0.267. The van der Waals surface area contributed by atoms with Gasteiger partial charge >= 0.3 is 0 Å². The third kappa shape index (κ3) is 3.26. The second-order valence-electron chi connectivity index (χ2n) is 3.98. The Morgan fingerprint density at radius 3 is 2.79 bits per heavy atom. The third-order valence-electron chi connectivity index (χ3n) is 2.73. The largest absolute Gasteiger partial charge is 0.468 e. The maximum absolute atomic E-state index is 10.8. The molecule has 0 aliphatic rings. The minimum Gasteiger partial charge on any atom is -0.468 e. The fraction of sp³-hybridized carbons (Fsp3) is 0.231. The van der Waals surface area contributed by atoms with Crippen LogP contribution < -0.4 is 4.74 Å². The first kappa shape index (κ1) is 13.4. The summed E-state index contributed by atoms with van der Waals surface area (Å²) in [5.41, 5.74) is 0.737. The highest BCUT2D eigenvalue weighted by atomic mass is 35.5. The van der Waals surface area contributed by atoms with Crippen LogP contribution in [-0.4, -0.2) is 18.6 Å². The van der Waals surface area contributed by atoms with Crippen LogP contribution in [-0.2, 0) is 0 Å². The van der Waals surface area contributed by atoms with Gasteiger partial charge in [-0.25, -0.2) is 0 Å². The fourth-order valence-electron chi connectivity index (χ4n) is 1.86.